The van der Waals surface area contributed by atoms with Gasteiger partial charge in [-0.25, -0.2) is 0 Å². The Labute approximate surface area is 145 Å². The standard InChI is InChI=1S/C20H30N2O2/c1-16-5-7-18(8-6-16)20(9-12-24-13-10-20)19(23)22-11-3-4-17(15-22)14-21-2/h5-8,17,21H,3-4,9-15H2,1-2H3. The van der Waals surface area contributed by atoms with Crippen molar-refractivity contribution in [3.63, 3.8) is 0 Å². The molecule has 0 aliphatic carbocycles. The molecule has 0 radical (unpaired) electrons. The number of carbonyl (C=O) groups is 1. The first-order chi connectivity index (χ1) is 11.7. The Kier molecular flexibility index (Phi) is 5.57. The Balaban J connectivity index is 1.85. The molecule has 4 nitrogen and oxygen atoms in total. The summed E-state index contributed by atoms with van der Waals surface area (Å²) in [5, 5.41) is 3.27. The molecule has 4 heteroatoms. The zero-order chi connectivity index (χ0) is 17.0. The van der Waals surface area contributed by atoms with E-state index in [1.54, 1.807) is 0 Å². The molecule has 0 spiro atoms. The molecule has 2 fully saturated rings. The largest absolute Gasteiger partial charge is 0.381 e. The number of benzene rings is 1. The highest BCUT2D eigenvalue weighted by atomic mass is 16.5. The second-order valence-corrected chi connectivity index (χ2v) is 7.38. The molecule has 3 rings (SSSR count). The van der Waals surface area contributed by atoms with Gasteiger partial charge in [0.2, 0.25) is 5.91 Å². The SMILES string of the molecule is CNCC1CCCN(C(=O)C2(c3ccc(C)cc3)CCOCC2)C1. The fraction of sp³-hybridized carbons (Fsp3) is 0.650. The van der Waals surface area contributed by atoms with Crippen molar-refractivity contribution in [2.75, 3.05) is 39.9 Å². The van der Waals surface area contributed by atoms with Gasteiger partial charge in [-0.3, -0.25) is 4.79 Å². The van der Waals surface area contributed by atoms with Crippen molar-refractivity contribution in [1.82, 2.24) is 10.2 Å². The molecular weight excluding hydrogens is 300 g/mol. The normalized spacial score (nSPS) is 23.9. The number of rotatable bonds is 4. The lowest BCUT2D eigenvalue weighted by atomic mass is 9.72. The van der Waals surface area contributed by atoms with E-state index in [4.69, 9.17) is 4.74 Å². The van der Waals surface area contributed by atoms with Gasteiger partial charge in [0.1, 0.15) is 0 Å². The first-order valence-electron chi connectivity index (χ1n) is 9.24. The van der Waals surface area contributed by atoms with Gasteiger partial charge >= 0.3 is 0 Å². The van der Waals surface area contributed by atoms with Gasteiger partial charge in [-0.15, -0.1) is 0 Å². The number of nitrogens with zero attached hydrogens (tertiary/aromatic N) is 1. The topological polar surface area (TPSA) is 41.6 Å². The third-order valence-corrected chi connectivity index (χ3v) is 5.66. The third-order valence-electron chi connectivity index (χ3n) is 5.66. The second kappa shape index (κ2) is 7.66. The van der Waals surface area contributed by atoms with Crippen molar-refractivity contribution in [2.45, 2.75) is 38.0 Å². The van der Waals surface area contributed by atoms with Gasteiger partial charge in [-0.2, -0.15) is 0 Å². The Morgan fingerprint density at radius 2 is 2.00 bits per heavy atom. The Bertz CT molecular complexity index is 547. The molecule has 2 heterocycles. The molecule has 132 valence electrons. The summed E-state index contributed by atoms with van der Waals surface area (Å²) >= 11 is 0. The number of piperidine rings is 1. The molecule has 0 bridgehead atoms. The van der Waals surface area contributed by atoms with E-state index >= 15 is 0 Å². The summed E-state index contributed by atoms with van der Waals surface area (Å²) in [6.07, 6.45) is 3.91. The summed E-state index contributed by atoms with van der Waals surface area (Å²) < 4.78 is 5.59. The van der Waals surface area contributed by atoms with E-state index < -0.39 is 5.41 Å². The molecule has 1 atom stereocenters. The molecule has 1 unspecified atom stereocenters. The Hall–Kier alpha value is -1.39. The molecule has 1 aromatic rings. The van der Waals surface area contributed by atoms with Crippen LogP contribution in [0.1, 0.15) is 36.8 Å². The van der Waals surface area contributed by atoms with E-state index in [2.05, 4.69) is 41.4 Å². The van der Waals surface area contributed by atoms with E-state index in [9.17, 15) is 4.79 Å². The lowest BCUT2D eigenvalue weighted by Crippen LogP contribution is -2.53. The molecule has 0 saturated carbocycles. The average Bonchev–Trinajstić information content (AvgIpc) is 2.63. The average molecular weight is 330 g/mol. The lowest BCUT2D eigenvalue weighted by molar-refractivity contribution is -0.143. The highest BCUT2D eigenvalue weighted by Gasteiger charge is 2.44. The van der Waals surface area contributed by atoms with Gasteiger partial charge in [-0.1, -0.05) is 29.8 Å². The second-order valence-electron chi connectivity index (χ2n) is 7.38. The van der Waals surface area contributed by atoms with Gasteiger partial charge in [0.15, 0.2) is 0 Å². The van der Waals surface area contributed by atoms with Crippen LogP contribution in [0.4, 0.5) is 0 Å². The highest BCUT2D eigenvalue weighted by Crippen LogP contribution is 2.38. The number of carbonyl (C=O) groups excluding carboxylic acids is 1. The fourth-order valence-electron chi connectivity index (χ4n) is 4.23. The minimum Gasteiger partial charge on any atom is -0.381 e. The van der Waals surface area contributed by atoms with E-state index in [0.717, 1.165) is 44.5 Å². The van der Waals surface area contributed by atoms with Crippen LogP contribution in [0, 0.1) is 12.8 Å². The molecule has 2 aliphatic rings. The molecule has 2 aliphatic heterocycles. The number of nitrogens with one attached hydrogen (secondary N) is 1. The number of ether oxygens (including phenoxy) is 1. The minimum absolute atomic E-state index is 0.315. The summed E-state index contributed by atoms with van der Waals surface area (Å²) in [4.78, 5) is 15.7. The zero-order valence-corrected chi connectivity index (χ0v) is 15.0. The van der Waals surface area contributed by atoms with Crippen LogP contribution in [-0.2, 0) is 14.9 Å². The van der Waals surface area contributed by atoms with E-state index in [0.29, 0.717) is 25.0 Å². The van der Waals surface area contributed by atoms with Crippen LogP contribution in [0.2, 0.25) is 0 Å². The van der Waals surface area contributed by atoms with Crippen molar-refractivity contribution < 1.29 is 9.53 Å². The van der Waals surface area contributed by atoms with Crippen LogP contribution in [-0.4, -0.2) is 50.7 Å². The van der Waals surface area contributed by atoms with Crippen molar-refractivity contribution in [1.29, 1.82) is 0 Å². The molecule has 1 amide bonds. The van der Waals surface area contributed by atoms with E-state index in [1.165, 1.54) is 12.0 Å². The van der Waals surface area contributed by atoms with Crippen molar-refractivity contribution in [3.05, 3.63) is 35.4 Å². The molecule has 1 N–H and O–H groups in total. The maximum atomic E-state index is 13.6. The molecule has 0 aromatic heterocycles. The van der Waals surface area contributed by atoms with Crippen LogP contribution in [0.5, 0.6) is 0 Å². The molecular formula is C20H30N2O2. The monoisotopic (exact) mass is 330 g/mol. The minimum atomic E-state index is -0.395. The van der Waals surface area contributed by atoms with Gasteiger partial charge in [-0.05, 0) is 57.7 Å². The Morgan fingerprint density at radius 3 is 2.67 bits per heavy atom. The number of hydrogen-bond donors (Lipinski definition) is 1. The van der Waals surface area contributed by atoms with Crippen LogP contribution >= 0.6 is 0 Å². The van der Waals surface area contributed by atoms with E-state index in [-0.39, 0.29) is 0 Å². The lowest BCUT2D eigenvalue weighted by Gasteiger charge is -2.43. The molecule has 2 saturated heterocycles. The first-order valence-corrected chi connectivity index (χ1v) is 9.24. The number of aryl methyl sites for hydroxylation is 1. The number of amides is 1. The van der Waals surface area contributed by atoms with Gasteiger partial charge < -0.3 is 15.0 Å². The van der Waals surface area contributed by atoms with Crippen LogP contribution in [0.3, 0.4) is 0 Å². The van der Waals surface area contributed by atoms with E-state index in [1.807, 2.05) is 7.05 Å². The van der Waals surface area contributed by atoms with Crippen LogP contribution in [0.15, 0.2) is 24.3 Å². The van der Waals surface area contributed by atoms with Crippen LogP contribution in [0.25, 0.3) is 0 Å². The number of hydrogen-bond acceptors (Lipinski definition) is 3. The maximum Gasteiger partial charge on any atom is 0.233 e. The first kappa shape index (κ1) is 17.4. The predicted molar refractivity (Wildman–Crippen MR) is 96.1 cm³/mol. The highest BCUT2D eigenvalue weighted by molar-refractivity contribution is 5.88. The van der Waals surface area contributed by atoms with Gasteiger partial charge in [0, 0.05) is 26.3 Å². The summed E-state index contributed by atoms with van der Waals surface area (Å²) in [7, 11) is 1.99. The van der Waals surface area contributed by atoms with Crippen LogP contribution < -0.4 is 5.32 Å². The van der Waals surface area contributed by atoms with Gasteiger partial charge in [0.25, 0.3) is 0 Å². The fourth-order valence-corrected chi connectivity index (χ4v) is 4.23. The van der Waals surface area contributed by atoms with Crippen molar-refractivity contribution in [2.24, 2.45) is 5.92 Å². The predicted octanol–water partition coefficient (Wildman–Crippen LogP) is 2.50. The number of likely N-dealkylation sites (tertiary alicyclic amines) is 1. The van der Waals surface area contributed by atoms with Gasteiger partial charge in [0.05, 0.1) is 5.41 Å². The summed E-state index contributed by atoms with van der Waals surface area (Å²) in [5.74, 6) is 0.887. The summed E-state index contributed by atoms with van der Waals surface area (Å²) in [6.45, 7) is 6.21. The maximum absolute atomic E-state index is 13.6. The smallest absolute Gasteiger partial charge is 0.233 e. The third kappa shape index (κ3) is 3.50. The Morgan fingerprint density at radius 1 is 1.29 bits per heavy atom. The molecule has 24 heavy (non-hydrogen) atoms. The summed E-state index contributed by atoms with van der Waals surface area (Å²) in [6, 6.07) is 8.54. The summed E-state index contributed by atoms with van der Waals surface area (Å²) in [5.41, 5.74) is 2.01. The van der Waals surface area contributed by atoms with Crippen molar-refractivity contribution in [3.8, 4) is 0 Å². The quantitative estimate of drug-likeness (QED) is 0.922. The zero-order valence-electron chi connectivity index (χ0n) is 15.0. The van der Waals surface area contributed by atoms with Crippen molar-refractivity contribution >= 4 is 5.91 Å². The molecule has 1 aromatic carbocycles.